The second-order valence-corrected chi connectivity index (χ2v) is 9.97. The lowest BCUT2D eigenvalue weighted by atomic mass is 9.98. The number of aliphatic hydroxyl groups is 6. The van der Waals surface area contributed by atoms with Crippen LogP contribution in [-0.4, -0.2) is 116 Å². The van der Waals surface area contributed by atoms with Crippen molar-refractivity contribution >= 4 is 11.0 Å². The summed E-state index contributed by atoms with van der Waals surface area (Å²) in [7, 11) is 1.35. The van der Waals surface area contributed by atoms with Gasteiger partial charge in [0.25, 0.3) is 0 Å². The molecule has 15 nitrogen and oxygen atoms in total. The molecule has 0 aliphatic carbocycles. The molecule has 15 heteroatoms. The molecular formula is C27H30O15. The van der Waals surface area contributed by atoms with E-state index >= 15 is 0 Å². The van der Waals surface area contributed by atoms with Gasteiger partial charge in [-0.3, -0.25) is 4.79 Å². The normalized spacial score (nSPS) is 31.4. The predicted octanol–water partition coefficient (Wildman–Crippen LogP) is -1.48. The van der Waals surface area contributed by atoms with E-state index in [1.165, 1.54) is 43.5 Å². The molecule has 0 bridgehead atoms. The van der Waals surface area contributed by atoms with E-state index in [-0.39, 0.29) is 33.8 Å². The van der Waals surface area contributed by atoms with Gasteiger partial charge in [0.15, 0.2) is 18.2 Å². The van der Waals surface area contributed by atoms with Gasteiger partial charge in [0.1, 0.15) is 58.2 Å². The highest BCUT2D eigenvalue weighted by atomic mass is 16.8. The number of hydrogen-bond donors (Lipinski definition) is 8. The zero-order chi connectivity index (χ0) is 30.3. The van der Waals surface area contributed by atoms with E-state index < -0.39 is 85.4 Å². The molecule has 5 rings (SSSR count). The Morgan fingerprint density at radius 2 is 1.74 bits per heavy atom. The van der Waals surface area contributed by atoms with E-state index in [2.05, 4.69) is 0 Å². The Labute approximate surface area is 236 Å². The summed E-state index contributed by atoms with van der Waals surface area (Å²) in [4.78, 5) is 13.8. The van der Waals surface area contributed by atoms with Crippen molar-refractivity contribution in [3.05, 3.63) is 46.6 Å². The Morgan fingerprint density at radius 3 is 2.36 bits per heavy atom. The van der Waals surface area contributed by atoms with Gasteiger partial charge in [-0.15, -0.1) is 0 Å². The summed E-state index contributed by atoms with van der Waals surface area (Å²) in [5.74, 6) is -1.17. The van der Waals surface area contributed by atoms with Crippen LogP contribution in [0.15, 0.2) is 45.6 Å². The quantitative estimate of drug-likeness (QED) is 0.148. The molecule has 2 saturated heterocycles. The molecule has 3 heterocycles. The summed E-state index contributed by atoms with van der Waals surface area (Å²) in [6.07, 6.45) is -11.9. The number of benzene rings is 2. The summed E-state index contributed by atoms with van der Waals surface area (Å²) >= 11 is 0. The van der Waals surface area contributed by atoms with E-state index in [4.69, 9.17) is 28.1 Å². The van der Waals surface area contributed by atoms with Crippen LogP contribution in [0.2, 0.25) is 0 Å². The standard InChI is InChI=1S/C27H30O15/c1-37-13-6-14(31)17-15(7-13)39-21(11-2-4-12(30)5-3-11)22(19(17)33)41-25-23(20(34)18(32)16(8-28)40-25)42-26-24(35)27(36,9-29)10-38-26/h2-7,16,18,20,23-26,28-32,34-36H,8-10H2,1H3/t16-,18-,20+,23-,24+,25+,26+,27-/m1/s1. The van der Waals surface area contributed by atoms with Gasteiger partial charge in [0, 0.05) is 17.7 Å². The Bertz CT molecular complexity index is 1470. The maximum Gasteiger partial charge on any atom is 0.239 e. The van der Waals surface area contributed by atoms with Crippen LogP contribution in [0, 0.1) is 0 Å². The smallest absolute Gasteiger partial charge is 0.239 e. The van der Waals surface area contributed by atoms with Crippen molar-refractivity contribution < 1.29 is 69.0 Å². The number of aromatic hydroxyl groups is 2. The molecule has 8 N–H and O–H groups in total. The monoisotopic (exact) mass is 594 g/mol. The van der Waals surface area contributed by atoms with Crippen LogP contribution in [0.25, 0.3) is 22.3 Å². The van der Waals surface area contributed by atoms with Crippen LogP contribution in [0.1, 0.15) is 0 Å². The van der Waals surface area contributed by atoms with Crippen molar-refractivity contribution in [2.75, 3.05) is 26.9 Å². The first-order valence-electron chi connectivity index (χ1n) is 12.8. The van der Waals surface area contributed by atoms with Gasteiger partial charge in [0.05, 0.1) is 26.9 Å². The van der Waals surface area contributed by atoms with E-state index in [0.717, 1.165) is 0 Å². The number of rotatable bonds is 8. The molecule has 0 unspecified atom stereocenters. The maximum atomic E-state index is 13.8. The number of phenolic OH excluding ortho intramolecular Hbond substituents is 2. The van der Waals surface area contributed by atoms with Crippen LogP contribution >= 0.6 is 0 Å². The van der Waals surface area contributed by atoms with Crippen LogP contribution in [-0.2, 0) is 14.2 Å². The van der Waals surface area contributed by atoms with Crippen molar-refractivity contribution in [3.63, 3.8) is 0 Å². The minimum Gasteiger partial charge on any atom is -0.508 e. The lowest BCUT2D eigenvalue weighted by molar-refractivity contribution is -0.319. The molecule has 42 heavy (non-hydrogen) atoms. The Morgan fingerprint density at radius 1 is 1.02 bits per heavy atom. The average molecular weight is 595 g/mol. The molecule has 0 saturated carbocycles. The van der Waals surface area contributed by atoms with Gasteiger partial charge in [0.2, 0.25) is 17.5 Å². The first-order valence-corrected chi connectivity index (χ1v) is 12.8. The van der Waals surface area contributed by atoms with E-state index in [1.807, 2.05) is 0 Å². The van der Waals surface area contributed by atoms with E-state index in [1.54, 1.807) is 0 Å². The van der Waals surface area contributed by atoms with Crippen LogP contribution in [0.4, 0.5) is 0 Å². The first kappa shape index (κ1) is 30.0. The van der Waals surface area contributed by atoms with Crippen LogP contribution in [0.3, 0.4) is 0 Å². The number of aliphatic hydroxyl groups excluding tert-OH is 5. The number of fused-ring (bicyclic) bond motifs is 1. The fourth-order valence-electron chi connectivity index (χ4n) is 4.76. The minimum atomic E-state index is -2.09. The zero-order valence-electron chi connectivity index (χ0n) is 22.1. The van der Waals surface area contributed by atoms with Gasteiger partial charge in [-0.25, -0.2) is 0 Å². The van der Waals surface area contributed by atoms with Crippen molar-refractivity contribution in [2.24, 2.45) is 0 Å². The first-order chi connectivity index (χ1) is 20.0. The van der Waals surface area contributed by atoms with Crippen molar-refractivity contribution in [1.82, 2.24) is 0 Å². The highest BCUT2D eigenvalue weighted by Gasteiger charge is 2.53. The molecule has 2 aromatic carbocycles. The third-order valence-corrected chi connectivity index (χ3v) is 7.20. The summed E-state index contributed by atoms with van der Waals surface area (Å²) in [6, 6.07) is 7.99. The van der Waals surface area contributed by atoms with Gasteiger partial charge in [-0.1, -0.05) is 0 Å². The third-order valence-electron chi connectivity index (χ3n) is 7.20. The van der Waals surface area contributed by atoms with Crippen molar-refractivity contribution in [3.8, 4) is 34.3 Å². The number of phenols is 2. The molecule has 0 amide bonds. The van der Waals surface area contributed by atoms with Crippen LogP contribution in [0.5, 0.6) is 23.0 Å². The second kappa shape index (κ2) is 11.6. The Kier molecular flexibility index (Phi) is 8.30. The summed E-state index contributed by atoms with van der Waals surface area (Å²) < 4.78 is 33.6. The molecule has 3 aromatic rings. The molecule has 0 spiro atoms. The van der Waals surface area contributed by atoms with Crippen molar-refractivity contribution in [1.29, 1.82) is 0 Å². The maximum absolute atomic E-state index is 13.8. The van der Waals surface area contributed by atoms with Crippen LogP contribution < -0.4 is 14.9 Å². The van der Waals surface area contributed by atoms with Gasteiger partial charge >= 0.3 is 0 Å². The fraction of sp³-hybridized carbons (Fsp3) is 0.444. The van der Waals surface area contributed by atoms with E-state index in [0.29, 0.717) is 0 Å². The lowest BCUT2D eigenvalue weighted by Gasteiger charge is -2.42. The summed E-state index contributed by atoms with van der Waals surface area (Å²) in [5.41, 5.74) is -2.83. The SMILES string of the molecule is COc1cc(O)c2c(=O)c(O[C@@H]3O[C@H](CO)[C@@H](O)[C@H](O)[C@H]3O[C@@H]3OC[C@](O)(CO)[C@H]3O)c(-c3ccc(O)cc3)oc2c1. The summed E-state index contributed by atoms with van der Waals surface area (Å²) in [5, 5.41) is 81.5. The number of methoxy groups -OCH3 is 1. The summed E-state index contributed by atoms with van der Waals surface area (Å²) in [6.45, 7) is -2.20. The molecular weight excluding hydrogens is 564 g/mol. The molecule has 0 radical (unpaired) electrons. The predicted molar refractivity (Wildman–Crippen MR) is 139 cm³/mol. The van der Waals surface area contributed by atoms with Gasteiger partial charge in [-0.2, -0.15) is 0 Å². The lowest BCUT2D eigenvalue weighted by Crippen LogP contribution is -2.62. The molecule has 8 atom stereocenters. The molecule has 1 aromatic heterocycles. The number of hydrogen-bond acceptors (Lipinski definition) is 15. The number of ether oxygens (including phenoxy) is 5. The highest BCUT2D eigenvalue weighted by molar-refractivity contribution is 5.88. The Balaban J connectivity index is 1.61. The zero-order valence-corrected chi connectivity index (χ0v) is 22.1. The van der Waals surface area contributed by atoms with Gasteiger partial charge < -0.3 is 69.0 Å². The van der Waals surface area contributed by atoms with E-state index in [9.17, 15) is 45.6 Å². The second-order valence-electron chi connectivity index (χ2n) is 9.97. The minimum absolute atomic E-state index is 0.0842. The molecule has 2 aliphatic rings. The topological polar surface area (TPSA) is 238 Å². The Hall–Kier alpha value is -3.51. The van der Waals surface area contributed by atoms with Gasteiger partial charge in [-0.05, 0) is 24.3 Å². The largest absolute Gasteiger partial charge is 0.508 e. The van der Waals surface area contributed by atoms with Crippen molar-refractivity contribution in [2.45, 2.75) is 48.7 Å². The molecule has 2 fully saturated rings. The average Bonchev–Trinajstić information content (AvgIpc) is 3.27. The molecule has 2 aliphatic heterocycles. The fourth-order valence-corrected chi connectivity index (χ4v) is 4.76. The molecule has 228 valence electrons. The third kappa shape index (κ3) is 5.26. The highest BCUT2D eigenvalue weighted by Crippen LogP contribution is 2.38.